The van der Waals surface area contributed by atoms with E-state index in [4.69, 9.17) is 9.72 Å². The third-order valence-electron chi connectivity index (χ3n) is 11.3. The molecule has 2 unspecified atom stereocenters. The van der Waals surface area contributed by atoms with Crippen LogP contribution in [0.4, 0.5) is 19.1 Å². The Kier molecular flexibility index (Phi) is 9.89. The molecule has 4 aromatic rings. The van der Waals surface area contributed by atoms with Gasteiger partial charge in [0.15, 0.2) is 6.17 Å². The number of pyridine rings is 1. The van der Waals surface area contributed by atoms with E-state index < -0.39 is 24.2 Å². The standard InChI is InChI=1S/C42H47F3N4O3/c1-25-8-10-27(11-9-25)37(43)36-34(26-12-16-42(44,45)17-13-26)35-32(21-41(2,3)22-33(35)50)48-38(36)28-14-18-49(19-15-28)40-46-23-31(24-47-40)29-6-5-7-30(20-29)39(51)52-4/h5-11,20,23-24,26,28,33,37,50H,12-19,21-22H2,1-4H3. The van der Waals surface area contributed by atoms with Gasteiger partial charge in [0.2, 0.25) is 11.9 Å². The molecule has 10 heteroatoms. The highest BCUT2D eigenvalue weighted by atomic mass is 19.3. The van der Waals surface area contributed by atoms with Gasteiger partial charge in [-0.1, -0.05) is 55.8 Å². The van der Waals surface area contributed by atoms with Crippen molar-refractivity contribution in [3.8, 4) is 11.1 Å². The van der Waals surface area contributed by atoms with Crippen LogP contribution in [0.1, 0.15) is 132 Å². The van der Waals surface area contributed by atoms with Gasteiger partial charge < -0.3 is 14.7 Å². The summed E-state index contributed by atoms with van der Waals surface area (Å²) in [7, 11) is 1.35. The van der Waals surface area contributed by atoms with Crippen LogP contribution in [0.5, 0.6) is 0 Å². The number of alkyl halides is 3. The number of anilines is 1. The minimum atomic E-state index is -2.74. The number of ether oxygens (including phenoxy) is 1. The maximum Gasteiger partial charge on any atom is 0.337 e. The number of methoxy groups -OCH3 is 1. The Morgan fingerprint density at radius 2 is 1.62 bits per heavy atom. The Labute approximate surface area is 303 Å². The van der Waals surface area contributed by atoms with Crippen LogP contribution in [0, 0.1) is 12.3 Å². The third-order valence-corrected chi connectivity index (χ3v) is 11.3. The van der Waals surface area contributed by atoms with Gasteiger partial charge >= 0.3 is 5.97 Å². The van der Waals surface area contributed by atoms with Gasteiger partial charge in [-0.05, 0) is 85.6 Å². The summed E-state index contributed by atoms with van der Waals surface area (Å²) in [5, 5.41) is 11.7. The molecule has 2 aromatic heterocycles. The quantitative estimate of drug-likeness (QED) is 0.191. The molecule has 2 aromatic carbocycles. The number of piperidine rings is 1. The molecule has 7 nitrogen and oxygen atoms in total. The molecule has 1 N–H and O–H groups in total. The van der Waals surface area contributed by atoms with E-state index in [-0.39, 0.29) is 42.9 Å². The Balaban J connectivity index is 1.23. The number of benzene rings is 2. The van der Waals surface area contributed by atoms with E-state index in [1.807, 2.05) is 25.1 Å². The summed E-state index contributed by atoms with van der Waals surface area (Å²) in [5.74, 6) is -2.93. The van der Waals surface area contributed by atoms with Crippen LogP contribution in [0.25, 0.3) is 11.1 Å². The zero-order valence-electron chi connectivity index (χ0n) is 30.3. The van der Waals surface area contributed by atoms with Crippen LogP contribution in [0.15, 0.2) is 60.9 Å². The Morgan fingerprint density at radius 3 is 2.27 bits per heavy atom. The Bertz CT molecular complexity index is 1910. The molecule has 1 saturated heterocycles. The molecule has 274 valence electrons. The van der Waals surface area contributed by atoms with Gasteiger partial charge in [0.25, 0.3) is 0 Å². The number of aryl methyl sites for hydroxylation is 1. The van der Waals surface area contributed by atoms with Gasteiger partial charge in [-0.2, -0.15) is 0 Å². The molecule has 0 radical (unpaired) electrons. The molecule has 2 atom stereocenters. The lowest BCUT2D eigenvalue weighted by Gasteiger charge is -2.41. The molecule has 0 spiro atoms. The second-order valence-electron chi connectivity index (χ2n) is 15.8. The number of esters is 1. The smallest absolute Gasteiger partial charge is 0.337 e. The maximum absolute atomic E-state index is 17.3. The molecule has 52 heavy (non-hydrogen) atoms. The van der Waals surface area contributed by atoms with Crippen LogP contribution in [0.2, 0.25) is 0 Å². The number of aliphatic hydroxyl groups excluding tert-OH is 1. The normalized spacial score (nSPS) is 21.0. The van der Waals surface area contributed by atoms with Gasteiger partial charge in [0.1, 0.15) is 0 Å². The summed E-state index contributed by atoms with van der Waals surface area (Å²) < 4.78 is 51.2. The summed E-state index contributed by atoms with van der Waals surface area (Å²) in [5.41, 5.74) is 6.69. The second kappa shape index (κ2) is 14.3. The second-order valence-corrected chi connectivity index (χ2v) is 15.8. The lowest BCUT2D eigenvalue weighted by molar-refractivity contribution is -0.0385. The van der Waals surface area contributed by atoms with Crippen molar-refractivity contribution >= 4 is 11.9 Å². The van der Waals surface area contributed by atoms with E-state index in [9.17, 15) is 18.7 Å². The summed E-state index contributed by atoms with van der Waals surface area (Å²) in [4.78, 5) is 28.8. The lowest BCUT2D eigenvalue weighted by atomic mass is 9.68. The van der Waals surface area contributed by atoms with Crippen LogP contribution >= 0.6 is 0 Å². The summed E-state index contributed by atoms with van der Waals surface area (Å²) in [6.45, 7) is 7.43. The predicted molar refractivity (Wildman–Crippen MR) is 195 cm³/mol. The van der Waals surface area contributed by atoms with E-state index >= 15 is 4.39 Å². The van der Waals surface area contributed by atoms with Crippen molar-refractivity contribution in [1.29, 1.82) is 0 Å². The van der Waals surface area contributed by atoms with E-state index in [2.05, 4.69) is 28.7 Å². The molecule has 0 amide bonds. The molecule has 3 aliphatic rings. The average molecular weight is 713 g/mol. The highest BCUT2D eigenvalue weighted by Gasteiger charge is 2.43. The first-order chi connectivity index (χ1) is 24.8. The van der Waals surface area contributed by atoms with Crippen LogP contribution in [-0.4, -0.2) is 52.1 Å². The summed E-state index contributed by atoms with van der Waals surface area (Å²) >= 11 is 0. The van der Waals surface area contributed by atoms with Crippen molar-refractivity contribution in [3.05, 3.63) is 106 Å². The zero-order chi connectivity index (χ0) is 36.8. The number of aliphatic hydroxyl groups is 1. The number of carbonyl (C=O) groups is 1. The first kappa shape index (κ1) is 36.1. The number of fused-ring (bicyclic) bond motifs is 1. The molecule has 2 aliphatic carbocycles. The molecular formula is C42H47F3N4O3. The minimum Gasteiger partial charge on any atom is -0.465 e. The van der Waals surface area contributed by atoms with Gasteiger partial charge in [-0.3, -0.25) is 4.98 Å². The fourth-order valence-electron chi connectivity index (χ4n) is 8.54. The Hall–Kier alpha value is -4.31. The number of rotatable bonds is 7. The molecule has 1 aliphatic heterocycles. The molecule has 3 heterocycles. The molecule has 1 saturated carbocycles. The zero-order valence-corrected chi connectivity index (χ0v) is 30.3. The molecule has 2 fully saturated rings. The van der Waals surface area contributed by atoms with Crippen molar-refractivity contribution in [2.24, 2.45) is 5.41 Å². The fourth-order valence-corrected chi connectivity index (χ4v) is 8.54. The van der Waals surface area contributed by atoms with Crippen LogP contribution < -0.4 is 4.90 Å². The summed E-state index contributed by atoms with van der Waals surface area (Å²) in [6.07, 6.45) is 3.62. The van der Waals surface area contributed by atoms with Crippen molar-refractivity contribution in [2.45, 2.75) is 102 Å². The van der Waals surface area contributed by atoms with E-state index in [1.54, 1.807) is 42.7 Å². The van der Waals surface area contributed by atoms with Crippen LogP contribution in [0.3, 0.4) is 0 Å². The first-order valence-electron chi connectivity index (χ1n) is 18.4. The highest BCUT2D eigenvalue weighted by Crippen LogP contribution is 2.52. The summed E-state index contributed by atoms with van der Waals surface area (Å²) in [6, 6.07) is 14.5. The number of aromatic nitrogens is 3. The third kappa shape index (κ3) is 7.31. The van der Waals surface area contributed by atoms with Crippen molar-refractivity contribution < 1.29 is 27.8 Å². The predicted octanol–water partition coefficient (Wildman–Crippen LogP) is 9.38. The number of nitrogens with zero attached hydrogens (tertiary/aromatic N) is 4. The Morgan fingerprint density at radius 1 is 0.942 bits per heavy atom. The monoisotopic (exact) mass is 712 g/mol. The topological polar surface area (TPSA) is 88.4 Å². The lowest BCUT2D eigenvalue weighted by Crippen LogP contribution is -2.36. The van der Waals surface area contributed by atoms with Crippen molar-refractivity contribution in [3.63, 3.8) is 0 Å². The largest absolute Gasteiger partial charge is 0.465 e. The SMILES string of the molecule is COC(=O)c1cccc(-c2cnc(N3CCC(c4nc5c(c(C6CCC(F)(F)CC6)c4C(F)c4ccc(C)cc4)C(O)CC(C)(C)C5)CC3)nc2)c1. The van der Waals surface area contributed by atoms with Crippen LogP contribution in [-0.2, 0) is 11.2 Å². The maximum atomic E-state index is 17.3. The van der Waals surface area contributed by atoms with Gasteiger partial charge in [0.05, 0.1) is 24.5 Å². The van der Waals surface area contributed by atoms with Crippen molar-refractivity contribution in [1.82, 2.24) is 15.0 Å². The van der Waals surface area contributed by atoms with E-state index in [0.29, 0.717) is 72.7 Å². The first-order valence-corrected chi connectivity index (χ1v) is 18.4. The van der Waals surface area contributed by atoms with Gasteiger partial charge in [-0.15, -0.1) is 0 Å². The number of halogens is 3. The van der Waals surface area contributed by atoms with E-state index in [1.165, 1.54) is 7.11 Å². The average Bonchev–Trinajstić information content (AvgIpc) is 3.13. The number of hydrogen-bond donors (Lipinski definition) is 1. The fraction of sp³-hybridized carbons (Fsp3) is 0.476. The number of hydrogen-bond acceptors (Lipinski definition) is 7. The highest BCUT2D eigenvalue weighted by molar-refractivity contribution is 5.90. The van der Waals surface area contributed by atoms with Gasteiger partial charge in [0, 0.05) is 66.6 Å². The van der Waals surface area contributed by atoms with Gasteiger partial charge in [-0.25, -0.2) is 27.9 Å². The molecule has 0 bridgehead atoms. The number of carbonyl (C=O) groups excluding carboxylic acids is 1. The van der Waals surface area contributed by atoms with E-state index in [0.717, 1.165) is 27.9 Å². The minimum absolute atomic E-state index is 0.0773. The molecular weight excluding hydrogens is 665 g/mol. The molecule has 7 rings (SSSR count). The van der Waals surface area contributed by atoms with Crippen molar-refractivity contribution in [2.75, 3.05) is 25.1 Å².